The van der Waals surface area contributed by atoms with Gasteiger partial charge in [-0.1, -0.05) is 18.5 Å². The highest BCUT2D eigenvalue weighted by molar-refractivity contribution is 6.19. The van der Waals surface area contributed by atoms with Gasteiger partial charge in [-0.05, 0) is 6.42 Å². The van der Waals surface area contributed by atoms with Crippen LogP contribution >= 0.6 is 11.6 Å². The van der Waals surface area contributed by atoms with Crippen molar-refractivity contribution in [3.8, 4) is 0 Å². The van der Waals surface area contributed by atoms with Gasteiger partial charge in [0.05, 0.1) is 0 Å². The molecule has 1 radical (unpaired) electrons. The highest BCUT2D eigenvalue weighted by Crippen LogP contribution is 1.99. The summed E-state index contributed by atoms with van der Waals surface area (Å²) in [7, 11) is 0. The van der Waals surface area contributed by atoms with Crippen LogP contribution in [0, 0.1) is 0 Å². The van der Waals surface area contributed by atoms with Crippen LogP contribution in [0.1, 0.15) is 13.3 Å². The molecule has 0 aromatic carbocycles. The van der Waals surface area contributed by atoms with Crippen LogP contribution in [0.3, 0.4) is 0 Å². The van der Waals surface area contributed by atoms with Crippen molar-refractivity contribution in [2.24, 2.45) is 0 Å². The Kier molecular flexibility index (Phi) is 3.80. The molecule has 3 heteroatoms. The zero-order valence-corrected chi connectivity index (χ0v) is 4.73. The van der Waals surface area contributed by atoms with Gasteiger partial charge in [0.25, 0.3) is 0 Å². The molecule has 41 valence electrons. The molecule has 0 aromatic rings. The van der Waals surface area contributed by atoms with Gasteiger partial charge in [-0.15, -0.1) is 0 Å². The molecule has 0 heterocycles. The lowest BCUT2D eigenvalue weighted by atomic mass is 10.5. The summed E-state index contributed by atoms with van der Waals surface area (Å²) in [6.07, 6.45) is 0.622. The molecule has 0 aliphatic carbocycles. The Morgan fingerprint density at radius 1 is 2.00 bits per heavy atom. The van der Waals surface area contributed by atoms with Crippen molar-refractivity contribution in [2.75, 3.05) is 0 Å². The van der Waals surface area contributed by atoms with E-state index in [-0.39, 0.29) is 0 Å². The number of carbonyl (C=O) groups excluding carboxylic acids is 1. The minimum atomic E-state index is -0.502. The predicted molar refractivity (Wildman–Crippen MR) is 26.7 cm³/mol. The lowest BCUT2D eigenvalue weighted by Crippen LogP contribution is -1.99. The zero-order chi connectivity index (χ0) is 5.70. The van der Waals surface area contributed by atoms with Crippen LogP contribution in [0.15, 0.2) is 0 Å². The highest BCUT2D eigenvalue weighted by atomic mass is 35.5. The summed E-state index contributed by atoms with van der Waals surface area (Å²) in [6.45, 7) is 3.05. The molecular formula is C4H6ClO2. The van der Waals surface area contributed by atoms with Gasteiger partial charge in [-0.2, -0.15) is 0 Å². The Balaban J connectivity index is 2.98. The Bertz CT molecular complexity index is 55.7. The van der Waals surface area contributed by atoms with Gasteiger partial charge in [-0.3, -0.25) is 0 Å². The second-order valence-corrected chi connectivity index (χ2v) is 1.51. The van der Waals surface area contributed by atoms with Crippen molar-refractivity contribution < 1.29 is 9.53 Å². The number of rotatable bonds is 3. The fourth-order valence-corrected chi connectivity index (χ4v) is 0.172. The average molecular weight is 122 g/mol. The maximum Gasteiger partial charge on any atom is 0.419 e. The van der Waals surface area contributed by atoms with Crippen molar-refractivity contribution in [3.05, 3.63) is 0 Å². The van der Waals surface area contributed by atoms with Crippen molar-refractivity contribution in [3.63, 3.8) is 0 Å². The molecule has 0 fully saturated rings. The van der Waals surface area contributed by atoms with Crippen LogP contribution in [0.2, 0.25) is 0 Å². The first-order valence-corrected chi connectivity index (χ1v) is 2.41. The summed E-state index contributed by atoms with van der Waals surface area (Å²) >= 11 is 5.28. The molecule has 0 amide bonds. The maximum atomic E-state index is 9.34. The summed E-state index contributed by atoms with van der Waals surface area (Å²) in [6, 6.07) is 0. The SMILES string of the molecule is CCC(Cl)O[C]=O. The van der Waals surface area contributed by atoms with E-state index >= 15 is 0 Å². The van der Waals surface area contributed by atoms with E-state index in [0.717, 1.165) is 0 Å². The number of ether oxygens (including phenoxy) is 1. The third kappa shape index (κ3) is 3.59. The molecule has 0 aromatic heterocycles. The van der Waals surface area contributed by atoms with Crippen molar-refractivity contribution in [1.29, 1.82) is 0 Å². The summed E-state index contributed by atoms with van der Waals surface area (Å²) in [5.41, 5.74) is -0.502. The molecule has 0 saturated heterocycles. The van der Waals surface area contributed by atoms with E-state index in [1.54, 1.807) is 0 Å². The number of alkyl halides is 1. The molecular weight excluding hydrogens is 115 g/mol. The molecule has 7 heavy (non-hydrogen) atoms. The van der Waals surface area contributed by atoms with Crippen LogP contribution in [0.5, 0.6) is 0 Å². The molecule has 0 aliphatic heterocycles. The van der Waals surface area contributed by atoms with Gasteiger partial charge in [0.15, 0.2) is 5.56 Å². The Hall–Kier alpha value is -0.240. The lowest BCUT2D eigenvalue weighted by Gasteiger charge is -1.98. The summed E-state index contributed by atoms with van der Waals surface area (Å²) in [4.78, 5) is 9.34. The quantitative estimate of drug-likeness (QED) is 0.522. The smallest absolute Gasteiger partial charge is 0.419 e. The second kappa shape index (κ2) is 3.93. The van der Waals surface area contributed by atoms with Gasteiger partial charge in [0.2, 0.25) is 0 Å². The van der Waals surface area contributed by atoms with E-state index in [0.29, 0.717) is 6.42 Å². The van der Waals surface area contributed by atoms with Crippen molar-refractivity contribution in [1.82, 2.24) is 0 Å². The van der Waals surface area contributed by atoms with E-state index in [9.17, 15) is 4.79 Å². The highest BCUT2D eigenvalue weighted by Gasteiger charge is 1.96. The fourth-order valence-electron chi connectivity index (χ4n) is 0.136. The third-order valence-corrected chi connectivity index (χ3v) is 0.895. The van der Waals surface area contributed by atoms with Crippen molar-refractivity contribution >= 4 is 18.1 Å². The molecule has 1 atom stereocenters. The summed E-state index contributed by atoms with van der Waals surface area (Å²) in [5, 5.41) is 0. The van der Waals surface area contributed by atoms with E-state index in [2.05, 4.69) is 4.74 Å². The Labute approximate surface area is 47.4 Å². The molecule has 2 nitrogen and oxygen atoms in total. The molecule has 0 rings (SSSR count). The van der Waals surface area contributed by atoms with E-state index < -0.39 is 5.56 Å². The number of hydrogen-bond donors (Lipinski definition) is 0. The topological polar surface area (TPSA) is 26.3 Å². The first-order chi connectivity index (χ1) is 3.31. The molecule has 0 bridgehead atoms. The van der Waals surface area contributed by atoms with Gasteiger partial charge in [0.1, 0.15) is 0 Å². The minimum Gasteiger partial charge on any atom is -0.438 e. The molecule has 0 aliphatic rings. The predicted octanol–water partition coefficient (Wildman–Crippen LogP) is 1.05. The van der Waals surface area contributed by atoms with Gasteiger partial charge >= 0.3 is 6.47 Å². The van der Waals surface area contributed by atoms with Crippen LogP contribution < -0.4 is 0 Å². The van der Waals surface area contributed by atoms with E-state index in [4.69, 9.17) is 11.6 Å². The fraction of sp³-hybridized carbons (Fsp3) is 0.750. The average Bonchev–Trinajstić information content (AvgIpc) is 1.68. The standard InChI is InChI=1S/C4H6ClO2/c1-2-4(5)7-3-6/h4H,2H2,1H3. The zero-order valence-electron chi connectivity index (χ0n) is 3.98. The molecule has 0 spiro atoms. The van der Waals surface area contributed by atoms with Gasteiger partial charge in [-0.25, -0.2) is 4.79 Å². The molecule has 0 saturated carbocycles. The summed E-state index contributed by atoms with van der Waals surface area (Å²) < 4.78 is 4.15. The molecule has 1 unspecified atom stereocenters. The van der Waals surface area contributed by atoms with Crippen LogP contribution in [-0.4, -0.2) is 12.0 Å². The lowest BCUT2D eigenvalue weighted by molar-refractivity contribution is 0.243. The van der Waals surface area contributed by atoms with Crippen LogP contribution in [-0.2, 0) is 9.53 Å². The maximum absolute atomic E-state index is 9.34. The second-order valence-electron chi connectivity index (χ2n) is 1.02. The summed E-state index contributed by atoms with van der Waals surface area (Å²) in [5.74, 6) is 0. The largest absolute Gasteiger partial charge is 0.438 e. The number of hydrogen-bond acceptors (Lipinski definition) is 2. The first kappa shape index (κ1) is 6.76. The Morgan fingerprint density at radius 3 is 2.71 bits per heavy atom. The number of halogens is 1. The monoisotopic (exact) mass is 121 g/mol. The third-order valence-electron chi connectivity index (χ3n) is 0.497. The molecule has 0 N–H and O–H groups in total. The van der Waals surface area contributed by atoms with Gasteiger partial charge < -0.3 is 4.74 Å². The van der Waals surface area contributed by atoms with E-state index in [1.807, 2.05) is 6.92 Å². The minimum absolute atomic E-state index is 0.502. The van der Waals surface area contributed by atoms with Crippen molar-refractivity contribution in [2.45, 2.75) is 18.9 Å². The normalized spacial score (nSPS) is 12.9. The van der Waals surface area contributed by atoms with Gasteiger partial charge in [0, 0.05) is 0 Å². The van der Waals surface area contributed by atoms with Crippen LogP contribution in [0.4, 0.5) is 0 Å². The Morgan fingerprint density at radius 2 is 2.57 bits per heavy atom. The van der Waals surface area contributed by atoms with Crippen LogP contribution in [0.25, 0.3) is 0 Å². The van der Waals surface area contributed by atoms with E-state index in [1.165, 1.54) is 6.47 Å². The first-order valence-electron chi connectivity index (χ1n) is 1.98.